The number of ether oxygens (including phenoxy) is 3. The van der Waals surface area contributed by atoms with Gasteiger partial charge in [0, 0.05) is 5.57 Å². The van der Waals surface area contributed by atoms with Gasteiger partial charge < -0.3 is 19.3 Å². The third kappa shape index (κ3) is 5.91. The summed E-state index contributed by atoms with van der Waals surface area (Å²) in [7, 11) is 0. The zero-order valence-corrected chi connectivity index (χ0v) is 12.7. The van der Waals surface area contributed by atoms with Crippen molar-refractivity contribution in [2.24, 2.45) is 0 Å². The first-order chi connectivity index (χ1) is 11.0. The average molecular weight is 322 g/mol. The van der Waals surface area contributed by atoms with Gasteiger partial charge in [-0.3, -0.25) is 0 Å². The standard InChI is InChI=1S/C16H18O7/c1-11(2)14(18)22-9-10-23-16(20)13-6-4-3-5-12(13)15(19)21-8-7-17/h3-6,17H,1,7-10H2,2H3. The summed E-state index contributed by atoms with van der Waals surface area (Å²) >= 11 is 0. The Morgan fingerprint density at radius 3 is 1.91 bits per heavy atom. The predicted octanol–water partition coefficient (Wildman–Crippen LogP) is 1.11. The topological polar surface area (TPSA) is 99.1 Å². The second kappa shape index (κ2) is 9.37. The minimum Gasteiger partial charge on any atom is -0.460 e. The molecule has 0 spiro atoms. The van der Waals surface area contributed by atoms with Gasteiger partial charge in [0.1, 0.15) is 19.8 Å². The molecule has 0 saturated heterocycles. The van der Waals surface area contributed by atoms with Crippen LogP contribution in [0.3, 0.4) is 0 Å². The zero-order chi connectivity index (χ0) is 17.2. The van der Waals surface area contributed by atoms with E-state index < -0.39 is 17.9 Å². The molecule has 23 heavy (non-hydrogen) atoms. The van der Waals surface area contributed by atoms with Gasteiger partial charge in [-0.05, 0) is 19.1 Å². The maximum absolute atomic E-state index is 12.0. The van der Waals surface area contributed by atoms with Crippen LogP contribution in [-0.4, -0.2) is 49.4 Å². The van der Waals surface area contributed by atoms with Gasteiger partial charge in [0.25, 0.3) is 0 Å². The average Bonchev–Trinajstić information content (AvgIpc) is 2.55. The first-order valence-electron chi connectivity index (χ1n) is 6.84. The Balaban J connectivity index is 2.61. The number of hydrogen-bond acceptors (Lipinski definition) is 7. The van der Waals surface area contributed by atoms with Crippen LogP contribution in [0.25, 0.3) is 0 Å². The molecular weight excluding hydrogens is 304 g/mol. The van der Waals surface area contributed by atoms with Crippen LogP contribution in [0.4, 0.5) is 0 Å². The van der Waals surface area contributed by atoms with Gasteiger partial charge in [0.05, 0.1) is 17.7 Å². The molecule has 1 aromatic carbocycles. The molecule has 124 valence electrons. The Morgan fingerprint density at radius 2 is 1.43 bits per heavy atom. The lowest BCUT2D eigenvalue weighted by atomic mass is 10.1. The summed E-state index contributed by atoms with van der Waals surface area (Å²) in [6.45, 7) is 4.17. The number of carbonyl (C=O) groups excluding carboxylic acids is 3. The van der Waals surface area contributed by atoms with Crippen LogP contribution in [-0.2, 0) is 19.0 Å². The van der Waals surface area contributed by atoms with Crippen LogP contribution in [0, 0.1) is 0 Å². The van der Waals surface area contributed by atoms with Crippen molar-refractivity contribution in [3.05, 3.63) is 47.5 Å². The Labute approximate surface area is 133 Å². The SMILES string of the molecule is C=C(C)C(=O)OCCOC(=O)c1ccccc1C(=O)OCCO. The van der Waals surface area contributed by atoms with Crippen molar-refractivity contribution < 1.29 is 33.7 Å². The smallest absolute Gasteiger partial charge is 0.339 e. The van der Waals surface area contributed by atoms with E-state index in [4.69, 9.17) is 19.3 Å². The minimum atomic E-state index is -0.743. The molecule has 0 atom stereocenters. The molecule has 0 amide bonds. The minimum absolute atomic E-state index is 0.0293. The van der Waals surface area contributed by atoms with Crippen molar-refractivity contribution >= 4 is 17.9 Å². The van der Waals surface area contributed by atoms with Crippen LogP contribution in [0.2, 0.25) is 0 Å². The fraction of sp³-hybridized carbons (Fsp3) is 0.312. The first-order valence-corrected chi connectivity index (χ1v) is 6.84. The molecule has 0 aliphatic rings. The second-order valence-corrected chi connectivity index (χ2v) is 4.46. The quantitative estimate of drug-likeness (QED) is 0.331. The van der Waals surface area contributed by atoms with E-state index in [1.807, 2.05) is 0 Å². The summed E-state index contributed by atoms with van der Waals surface area (Å²) in [4.78, 5) is 34.9. The van der Waals surface area contributed by atoms with Crippen molar-refractivity contribution in [3.63, 3.8) is 0 Å². The molecule has 0 radical (unpaired) electrons. The van der Waals surface area contributed by atoms with Gasteiger partial charge in [-0.15, -0.1) is 0 Å². The summed E-state index contributed by atoms with van der Waals surface area (Å²) in [5.41, 5.74) is 0.305. The summed E-state index contributed by atoms with van der Waals surface area (Å²) in [5.74, 6) is -2.05. The summed E-state index contributed by atoms with van der Waals surface area (Å²) in [5, 5.41) is 8.65. The highest BCUT2D eigenvalue weighted by Crippen LogP contribution is 2.12. The highest BCUT2D eigenvalue weighted by atomic mass is 16.6. The van der Waals surface area contributed by atoms with Crippen molar-refractivity contribution in [3.8, 4) is 0 Å². The van der Waals surface area contributed by atoms with E-state index in [-0.39, 0.29) is 43.1 Å². The van der Waals surface area contributed by atoms with Crippen molar-refractivity contribution in [2.75, 3.05) is 26.4 Å². The fourth-order valence-corrected chi connectivity index (χ4v) is 1.52. The molecule has 7 nitrogen and oxygen atoms in total. The molecular formula is C16H18O7. The van der Waals surface area contributed by atoms with Crippen LogP contribution in [0.1, 0.15) is 27.6 Å². The third-order valence-electron chi connectivity index (χ3n) is 2.59. The maximum Gasteiger partial charge on any atom is 0.339 e. The molecule has 0 bridgehead atoms. The van der Waals surface area contributed by atoms with Crippen LogP contribution in [0.15, 0.2) is 36.4 Å². The summed E-state index contributed by atoms with van der Waals surface area (Å²) in [6.07, 6.45) is 0. The highest BCUT2D eigenvalue weighted by molar-refractivity contribution is 6.03. The van der Waals surface area contributed by atoms with Crippen LogP contribution < -0.4 is 0 Å². The molecule has 7 heteroatoms. The number of aliphatic hydroxyl groups is 1. The van der Waals surface area contributed by atoms with Gasteiger partial charge in [0.2, 0.25) is 0 Å². The van der Waals surface area contributed by atoms with Crippen LogP contribution >= 0.6 is 0 Å². The number of benzene rings is 1. The molecule has 1 rings (SSSR count). The number of carbonyl (C=O) groups is 3. The van der Waals surface area contributed by atoms with E-state index in [0.717, 1.165) is 0 Å². The maximum atomic E-state index is 12.0. The molecule has 0 fully saturated rings. The number of rotatable bonds is 8. The molecule has 0 heterocycles. The largest absolute Gasteiger partial charge is 0.460 e. The third-order valence-corrected chi connectivity index (χ3v) is 2.59. The lowest BCUT2D eigenvalue weighted by molar-refractivity contribution is -0.140. The molecule has 0 aromatic heterocycles. The lowest BCUT2D eigenvalue weighted by Crippen LogP contribution is -2.18. The van der Waals surface area contributed by atoms with E-state index in [1.165, 1.54) is 19.1 Å². The van der Waals surface area contributed by atoms with Gasteiger partial charge in [-0.25, -0.2) is 14.4 Å². The molecule has 0 unspecified atom stereocenters. The molecule has 1 N–H and O–H groups in total. The van der Waals surface area contributed by atoms with Gasteiger partial charge in [-0.1, -0.05) is 18.7 Å². The van der Waals surface area contributed by atoms with E-state index in [9.17, 15) is 14.4 Å². The fourth-order valence-electron chi connectivity index (χ4n) is 1.52. The van der Waals surface area contributed by atoms with Crippen molar-refractivity contribution in [2.45, 2.75) is 6.92 Å². The van der Waals surface area contributed by atoms with Crippen molar-refractivity contribution in [1.29, 1.82) is 0 Å². The lowest BCUT2D eigenvalue weighted by Gasteiger charge is -2.09. The molecule has 1 aromatic rings. The predicted molar refractivity (Wildman–Crippen MR) is 79.9 cm³/mol. The first kappa shape index (κ1) is 18.4. The molecule has 0 aliphatic heterocycles. The molecule has 0 aliphatic carbocycles. The van der Waals surface area contributed by atoms with Gasteiger partial charge >= 0.3 is 17.9 Å². The monoisotopic (exact) mass is 322 g/mol. The molecule has 0 saturated carbocycles. The Hall–Kier alpha value is -2.67. The second-order valence-electron chi connectivity index (χ2n) is 4.46. The Kier molecular flexibility index (Phi) is 7.49. The highest BCUT2D eigenvalue weighted by Gasteiger charge is 2.18. The summed E-state index contributed by atoms with van der Waals surface area (Å²) < 4.78 is 14.5. The van der Waals surface area contributed by atoms with E-state index in [0.29, 0.717) is 0 Å². The van der Waals surface area contributed by atoms with E-state index >= 15 is 0 Å². The van der Waals surface area contributed by atoms with Crippen molar-refractivity contribution in [1.82, 2.24) is 0 Å². The zero-order valence-electron chi connectivity index (χ0n) is 12.7. The number of esters is 3. The van der Waals surface area contributed by atoms with Crippen LogP contribution in [0.5, 0.6) is 0 Å². The van der Waals surface area contributed by atoms with Gasteiger partial charge in [0.15, 0.2) is 0 Å². The van der Waals surface area contributed by atoms with E-state index in [1.54, 1.807) is 12.1 Å². The van der Waals surface area contributed by atoms with Gasteiger partial charge in [-0.2, -0.15) is 0 Å². The Morgan fingerprint density at radius 1 is 0.957 bits per heavy atom. The normalized spacial score (nSPS) is 9.83. The summed E-state index contributed by atoms with van der Waals surface area (Å²) in [6, 6.07) is 5.97. The number of hydrogen-bond donors (Lipinski definition) is 1. The Bertz CT molecular complexity index is 592. The van der Waals surface area contributed by atoms with E-state index in [2.05, 4.69) is 6.58 Å². The number of aliphatic hydroxyl groups excluding tert-OH is 1.